The highest BCUT2D eigenvalue weighted by molar-refractivity contribution is 5.94. The normalized spacial score (nSPS) is 18.4. The zero-order valence-corrected chi connectivity index (χ0v) is 17.5. The number of amides is 1. The first-order valence-corrected chi connectivity index (χ1v) is 10.5. The Balaban J connectivity index is 0.000000806. The van der Waals surface area contributed by atoms with E-state index in [-0.39, 0.29) is 12.4 Å². The summed E-state index contributed by atoms with van der Waals surface area (Å²) in [6.45, 7) is 6.60. The van der Waals surface area contributed by atoms with E-state index in [0.29, 0.717) is 11.0 Å². The van der Waals surface area contributed by atoms with Gasteiger partial charge in [0.15, 0.2) is 0 Å². The molecule has 0 radical (unpaired) electrons. The molecule has 0 bridgehead atoms. The third-order valence-electron chi connectivity index (χ3n) is 6.12. The average molecular weight is 411 g/mol. The number of pyridine rings is 2. The molecule has 7 nitrogen and oxygen atoms in total. The van der Waals surface area contributed by atoms with Crippen molar-refractivity contribution in [1.82, 2.24) is 19.8 Å². The number of rotatable bonds is 3. The summed E-state index contributed by atoms with van der Waals surface area (Å²) in [5.41, 5.74) is 3.15. The number of hydrogen-bond acceptors (Lipinski definition) is 5. The quantitative estimate of drug-likeness (QED) is 0.783. The Bertz CT molecular complexity index is 818. The minimum Gasteiger partial charge on any atom is -0.483 e. The molecule has 2 aromatic rings. The molecule has 2 saturated heterocycles. The van der Waals surface area contributed by atoms with Crippen molar-refractivity contribution < 1.29 is 14.7 Å². The Labute approximate surface area is 177 Å². The molecule has 0 aromatic carbocycles. The summed E-state index contributed by atoms with van der Waals surface area (Å²) in [5.74, 6) is 0.124. The van der Waals surface area contributed by atoms with Gasteiger partial charge in [-0.3, -0.25) is 24.5 Å². The molecule has 4 rings (SSSR count). The Kier molecular flexibility index (Phi) is 7.52. The van der Waals surface area contributed by atoms with Gasteiger partial charge < -0.3 is 10.0 Å². The maximum absolute atomic E-state index is 12.8. The zero-order chi connectivity index (χ0) is 21.4. The van der Waals surface area contributed by atoms with E-state index in [0.717, 1.165) is 57.0 Å². The highest BCUT2D eigenvalue weighted by atomic mass is 16.3. The Morgan fingerprint density at radius 3 is 2.53 bits per heavy atom. The van der Waals surface area contributed by atoms with Crippen LogP contribution >= 0.6 is 0 Å². The third kappa shape index (κ3) is 5.63. The van der Waals surface area contributed by atoms with Crippen molar-refractivity contribution in [3.63, 3.8) is 0 Å². The van der Waals surface area contributed by atoms with Gasteiger partial charge in [0.1, 0.15) is 0 Å². The highest BCUT2D eigenvalue weighted by Crippen LogP contribution is 2.40. The van der Waals surface area contributed by atoms with E-state index in [2.05, 4.69) is 27.0 Å². The van der Waals surface area contributed by atoms with E-state index in [1.54, 1.807) is 6.20 Å². The SMILES string of the molecule is Cc1ccc(C(=O)N2CCC3(CCCN(Cc4ccccn4)C3)CC2)cn1.O=CO. The number of aromatic nitrogens is 2. The summed E-state index contributed by atoms with van der Waals surface area (Å²) in [4.78, 5) is 34.4. The van der Waals surface area contributed by atoms with Crippen molar-refractivity contribution >= 4 is 12.4 Å². The molecule has 30 heavy (non-hydrogen) atoms. The second kappa shape index (κ2) is 10.3. The smallest absolute Gasteiger partial charge is 0.290 e. The molecule has 2 fully saturated rings. The molecule has 4 heterocycles. The van der Waals surface area contributed by atoms with Gasteiger partial charge in [-0.05, 0) is 68.8 Å². The third-order valence-corrected chi connectivity index (χ3v) is 6.12. The van der Waals surface area contributed by atoms with Crippen LogP contribution in [-0.4, -0.2) is 63.4 Å². The number of nitrogens with zero attached hydrogens (tertiary/aromatic N) is 4. The lowest BCUT2D eigenvalue weighted by Crippen LogP contribution is -2.50. The fourth-order valence-electron chi connectivity index (χ4n) is 4.53. The number of piperidine rings is 2. The fraction of sp³-hybridized carbons (Fsp3) is 0.478. The van der Waals surface area contributed by atoms with E-state index >= 15 is 0 Å². The van der Waals surface area contributed by atoms with Crippen molar-refractivity contribution in [2.45, 2.75) is 39.2 Å². The maximum Gasteiger partial charge on any atom is 0.290 e. The number of hydrogen-bond donors (Lipinski definition) is 1. The van der Waals surface area contributed by atoms with Crippen LogP contribution in [0.4, 0.5) is 0 Å². The van der Waals surface area contributed by atoms with Crippen LogP contribution < -0.4 is 0 Å². The number of carbonyl (C=O) groups excluding carboxylic acids is 1. The summed E-state index contributed by atoms with van der Waals surface area (Å²) in [7, 11) is 0. The molecule has 2 aliphatic rings. The largest absolute Gasteiger partial charge is 0.483 e. The molecular weight excluding hydrogens is 380 g/mol. The summed E-state index contributed by atoms with van der Waals surface area (Å²) in [5, 5.41) is 6.89. The molecular formula is C23H30N4O3. The van der Waals surface area contributed by atoms with E-state index in [4.69, 9.17) is 9.90 Å². The Morgan fingerprint density at radius 2 is 1.90 bits per heavy atom. The summed E-state index contributed by atoms with van der Waals surface area (Å²) < 4.78 is 0. The van der Waals surface area contributed by atoms with Crippen molar-refractivity contribution in [2.24, 2.45) is 5.41 Å². The molecule has 0 unspecified atom stereocenters. The van der Waals surface area contributed by atoms with Crippen molar-refractivity contribution in [3.05, 3.63) is 59.7 Å². The lowest BCUT2D eigenvalue weighted by molar-refractivity contribution is -0.122. The minimum atomic E-state index is -0.250. The lowest BCUT2D eigenvalue weighted by atomic mass is 9.72. The molecule has 160 valence electrons. The molecule has 1 spiro atoms. The van der Waals surface area contributed by atoms with Gasteiger partial charge in [0.2, 0.25) is 0 Å². The van der Waals surface area contributed by atoms with Crippen LogP contribution in [0.1, 0.15) is 47.4 Å². The first kappa shape index (κ1) is 21.9. The molecule has 0 atom stereocenters. The highest BCUT2D eigenvalue weighted by Gasteiger charge is 2.39. The lowest BCUT2D eigenvalue weighted by Gasteiger charge is -2.47. The van der Waals surface area contributed by atoms with Gasteiger partial charge in [-0.25, -0.2) is 0 Å². The summed E-state index contributed by atoms with van der Waals surface area (Å²) >= 11 is 0. The van der Waals surface area contributed by atoms with Gasteiger partial charge >= 0.3 is 0 Å². The molecule has 1 N–H and O–H groups in total. The van der Waals surface area contributed by atoms with Crippen LogP contribution in [-0.2, 0) is 11.3 Å². The predicted octanol–water partition coefficient (Wildman–Crippen LogP) is 3.00. The van der Waals surface area contributed by atoms with Gasteiger partial charge in [0.25, 0.3) is 12.4 Å². The first-order chi connectivity index (χ1) is 14.5. The van der Waals surface area contributed by atoms with Crippen LogP contribution in [0, 0.1) is 12.3 Å². The molecule has 1 amide bonds. The first-order valence-electron chi connectivity index (χ1n) is 10.5. The number of likely N-dealkylation sites (tertiary alicyclic amines) is 2. The molecule has 0 saturated carbocycles. The second-order valence-electron chi connectivity index (χ2n) is 8.22. The van der Waals surface area contributed by atoms with Crippen molar-refractivity contribution in [3.8, 4) is 0 Å². The summed E-state index contributed by atoms with van der Waals surface area (Å²) in [6, 6.07) is 9.95. The van der Waals surface area contributed by atoms with Gasteiger partial charge in [0.05, 0.1) is 11.3 Å². The Morgan fingerprint density at radius 1 is 1.13 bits per heavy atom. The number of carbonyl (C=O) groups is 2. The summed E-state index contributed by atoms with van der Waals surface area (Å²) in [6.07, 6.45) is 8.28. The van der Waals surface area contributed by atoms with Crippen molar-refractivity contribution in [1.29, 1.82) is 0 Å². The van der Waals surface area contributed by atoms with Gasteiger partial charge in [-0.15, -0.1) is 0 Å². The van der Waals surface area contributed by atoms with E-state index in [1.807, 2.05) is 36.2 Å². The monoisotopic (exact) mass is 410 g/mol. The molecule has 0 aliphatic carbocycles. The molecule has 2 aliphatic heterocycles. The van der Waals surface area contributed by atoms with Crippen LogP contribution in [0.2, 0.25) is 0 Å². The van der Waals surface area contributed by atoms with Crippen LogP contribution in [0.5, 0.6) is 0 Å². The fourth-order valence-corrected chi connectivity index (χ4v) is 4.53. The standard InChI is InChI=1S/C22H28N4O.CH2O2/c1-18-6-7-19(15-24-18)21(27)26-13-9-22(10-14-26)8-4-12-25(17-22)16-20-5-2-3-11-23-20;2-1-3/h2-3,5-7,11,15H,4,8-10,12-14,16-17H2,1H3;1H,(H,2,3). The van der Waals surface area contributed by atoms with E-state index in [1.165, 1.54) is 12.8 Å². The van der Waals surface area contributed by atoms with Gasteiger partial charge in [0, 0.05) is 44.3 Å². The Hall–Kier alpha value is -2.80. The van der Waals surface area contributed by atoms with E-state index < -0.39 is 0 Å². The average Bonchev–Trinajstić information content (AvgIpc) is 2.76. The van der Waals surface area contributed by atoms with Gasteiger partial charge in [-0.2, -0.15) is 0 Å². The minimum absolute atomic E-state index is 0.124. The predicted molar refractivity (Wildman–Crippen MR) is 114 cm³/mol. The van der Waals surface area contributed by atoms with Crippen LogP contribution in [0.15, 0.2) is 42.7 Å². The number of aryl methyl sites for hydroxylation is 1. The van der Waals surface area contributed by atoms with Crippen LogP contribution in [0.25, 0.3) is 0 Å². The molecule has 2 aromatic heterocycles. The zero-order valence-electron chi connectivity index (χ0n) is 17.5. The number of carboxylic acid groups (broad SMARTS) is 1. The maximum atomic E-state index is 12.8. The van der Waals surface area contributed by atoms with E-state index in [9.17, 15) is 4.79 Å². The van der Waals surface area contributed by atoms with Gasteiger partial charge in [-0.1, -0.05) is 6.07 Å². The second-order valence-corrected chi connectivity index (χ2v) is 8.22. The van der Waals surface area contributed by atoms with Crippen LogP contribution in [0.3, 0.4) is 0 Å². The topological polar surface area (TPSA) is 86.6 Å². The molecule has 7 heteroatoms. The van der Waals surface area contributed by atoms with Crippen molar-refractivity contribution in [2.75, 3.05) is 26.2 Å².